The molecule has 2 fully saturated rings. The van der Waals surface area contributed by atoms with Crippen molar-refractivity contribution in [3.8, 4) is 0 Å². The number of aromatic nitrogens is 1. The topological polar surface area (TPSA) is 61.8 Å². The van der Waals surface area contributed by atoms with Crippen molar-refractivity contribution in [2.24, 2.45) is 4.99 Å². The van der Waals surface area contributed by atoms with Crippen LogP contribution in [0.1, 0.15) is 48.9 Å². The van der Waals surface area contributed by atoms with E-state index in [-0.39, 0.29) is 5.54 Å². The summed E-state index contributed by atoms with van der Waals surface area (Å²) in [4.78, 5) is 13.1. The van der Waals surface area contributed by atoms with E-state index in [4.69, 9.17) is 9.73 Å². The fourth-order valence-electron chi connectivity index (χ4n) is 4.06. The number of nitrogens with one attached hydrogen (secondary N) is 2. The average Bonchev–Trinajstić information content (AvgIpc) is 3.11. The van der Waals surface area contributed by atoms with Gasteiger partial charge in [0.25, 0.3) is 0 Å². The lowest BCUT2D eigenvalue weighted by Crippen LogP contribution is -2.60. The molecule has 3 rings (SSSR count). The van der Waals surface area contributed by atoms with Crippen LogP contribution in [0.25, 0.3) is 0 Å². The number of rotatable bonds is 6. The molecule has 6 nitrogen and oxygen atoms in total. The molecule has 0 atom stereocenters. The van der Waals surface area contributed by atoms with Gasteiger partial charge in [-0.15, -0.1) is 11.3 Å². The summed E-state index contributed by atoms with van der Waals surface area (Å²) in [7, 11) is 0. The van der Waals surface area contributed by atoms with Gasteiger partial charge < -0.3 is 15.4 Å². The van der Waals surface area contributed by atoms with Crippen LogP contribution in [-0.2, 0) is 11.3 Å². The van der Waals surface area contributed by atoms with E-state index in [0.717, 1.165) is 50.4 Å². The second kappa shape index (κ2) is 9.67. The van der Waals surface area contributed by atoms with Gasteiger partial charge in [0.2, 0.25) is 0 Å². The lowest BCUT2D eigenvalue weighted by molar-refractivity contribution is -0.0352. The van der Waals surface area contributed by atoms with E-state index in [1.807, 2.05) is 6.20 Å². The van der Waals surface area contributed by atoms with Gasteiger partial charge in [-0.2, -0.15) is 0 Å². The summed E-state index contributed by atoms with van der Waals surface area (Å²) in [6, 6.07) is 0. The number of thiazole rings is 1. The number of hydrogen-bond donors (Lipinski definition) is 2. The molecule has 2 aliphatic rings. The van der Waals surface area contributed by atoms with Crippen LogP contribution in [0.5, 0.6) is 0 Å². The smallest absolute Gasteiger partial charge is 0.191 e. The van der Waals surface area contributed by atoms with Crippen molar-refractivity contribution >= 4 is 17.3 Å². The first-order valence-corrected chi connectivity index (χ1v) is 10.8. The monoisotopic (exact) mass is 379 g/mol. The Labute approximate surface area is 161 Å². The van der Waals surface area contributed by atoms with Gasteiger partial charge in [0.1, 0.15) is 5.01 Å². The fraction of sp³-hybridized carbons (Fsp3) is 0.789. The lowest BCUT2D eigenvalue weighted by atomic mass is 9.80. The second-order valence-corrected chi connectivity index (χ2v) is 8.62. The van der Waals surface area contributed by atoms with Crippen LogP contribution < -0.4 is 10.6 Å². The van der Waals surface area contributed by atoms with Crippen LogP contribution in [0.2, 0.25) is 0 Å². The van der Waals surface area contributed by atoms with Gasteiger partial charge in [-0.1, -0.05) is 19.3 Å². The molecule has 0 radical (unpaired) electrons. The van der Waals surface area contributed by atoms with Crippen LogP contribution in [-0.4, -0.2) is 60.8 Å². The third kappa shape index (κ3) is 5.18. The molecule has 2 heterocycles. The van der Waals surface area contributed by atoms with Gasteiger partial charge in [-0.3, -0.25) is 4.90 Å². The van der Waals surface area contributed by atoms with Crippen molar-refractivity contribution in [2.45, 2.75) is 58.0 Å². The maximum absolute atomic E-state index is 5.59. The van der Waals surface area contributed by atoms with E-state index in [0.29, 0.717) is 6.54 Å². The number of nitrogens with zero attached hydrogens (tertiary/aromatic N) is 3. The molecule has 1 aliphatic heterocycles. The lowest BCUT2D eigenvalue weighted by Gasteiger charge is -2.48. The first kappa shape index (κ1) is 19.6. The first-order valence-electron chi connectivity index (χ1n) is 9.98. The predicted octanol–water partition coefficient (Wildman–Crippen LogP) is 2.54. The SMILES string of the molecule is CCNC(=NCc1ncc(C)s1)NCC1(N2CCOCC2)CCCCC1. The molecule has 0 unspecified atom stereocenters. The molecule has 1 aliphatic carbocycles. The fourth-order valence-corrected chi connectivity index (χ4v) is 4.78. The number of aryl methyl sites for hydroxylation is 1. The highest BCUT2D eigenvalue weighted by Crippen LogP contribution is 2.33. The molecule has 0 bridgehead atoms. The Morgan fingerprint density at radius 1 is 1.27 bits per heavy atom. The Balaban J connectivity index is 1.64. The van der Waals surface area contributed by atoms with Crippen LogP contribution >= 0.6 is 11.3 Å². The van der Waals surface area contributed by atoms with Gasteiger partial charge in [0.05, 0.1) is 19.8 Å². The third-order valence-corrected chi connectivity index (χ3v) is 6.33. The molecule has 1 saturated carbocycles. The minimum absolute atomic E-state index is 0.246. The van der Waals surface area contributed by atoms with Crippen molar-refractivity contribution < 1.29 is 4.74 Å². The number of ether oxygens (including phenoxy) is 1. The Hall–Kier alpha value is -1.18. The van der Waals surface area contributed by atoms with Gasteiger partial charge in [0, 0.05) is 42.8 Å². The van der Waals surface area contributed by atoms with Crippen LogP contribution in [0, 0.1) is 6.92 Å². The summed E-state index contributed by atoms with van der Waals surface area (Å²) in [6.45, 7) is 10.5. The number of morpholine rings is 1. The zero-order valence-corrected chi connectivity index (χ0v) is 17.0. The predicted molar refractivity (Wildman–Crippen MR) is 108 cm³/mol. The molecule has 26 heavy (non-hydrogen) atoms. The van der Waals surface area contributed by atoms with Crippen LogP contribution in [0.3, 0.4) is 0 Å². The highest BCUT2D eigenvalue weighted by molar-refractivity contribution is 7.11. The van der Waals surface area contributed by atoms with E-state index in [2.05, 4.69) is 34.4 Å². The standard InChI is InChI=1S/C19H33N5OS/c1-3-20-18(22-14-17-21-13-16(2)26-17)23-15-19(7-5-4-6-8-19)24-9-11-25-12-10-24/h13H,3-12,14-15H2,1-2H3,(H2,20,22,23). The van der Waals surface area contributed by atoms with E-state index < -0.39 is 0 Å². The normalized spacial score (nSPS) is 21.5. The largest absolute Gasteiger partial charge is 0.379 e. The summed E-state index contributed by atoms with van der Waals surface area (Å²) >= 11 is 1.72. The van der Waals surface area contributed by atoms with Crippen molar-refractivity contribution in [3.63, 3.8) is 0 Å². The van der Waals surface area contributed by atoms with Crippen LogP contribution in [0.15, 0.2) is 11.2 Å². The summed E-state index contributed by atoms with van der Waals surface area (Å²) in [5, 5.41) is 8.10. The van der Waals surface area contributed by atoms with Gasteiger partial charge in [-0.05, 0) is 26.7 Å². The second-order valence-electron chi connectivity index (χ2n) is 7.30. The quantitative estimate of drug-likeness (QED) is 0.587. The highest BCUT2D eigenvalue weighted by Gasteiger charge is 2.38. The summed E-state index contributed by atoms with van der Waals surface area (Å²) < 4.78 is 5.59. The van der Waals surface area contributed by atoms with E-state index >= 15 is 0 Å². The molecule has 0 spiro atoms. The summed E-state index contributed by atoms with van der Waals surface area (Å²) in [6.07, 6.45) is 8.47. The summed E-state index contributed by atoms with van der Waals surface area (Å²) in [5.41, 5.74) is 0.246. The molecule has 1 aromatic heterocycles. The third-order valence-electron chi connectivity index (χ3n) is 5.44. The Morgan fingerprint density at radius 2 is 2.04 bits per heavy atom. The molecule has 1 saturated heterocycles. The molecule has 2 N–H and O–H groups in total. The molecule has 7 heteroatoms. The van der Waals surface area contributed by atoms with Crippen molar-refractivity contribution in [1.29, 1.82) is 0 Å². The zero-order chi connectivity index (χ0) is 18.2. The molecule has 146 valence electrons. The van der Waals surface area contributed by atoms with Crippen LogP contribution in [0.4, 0.5) is 0 Å². The van der Waals surface area contributed by atoms with Gasteiger partial charge in [0.15, 0.2) is 5.96 Å². The molecule has 1 aromatic rings. The maximum atomic E-state index is 5.59. The number of guanidine groups is 1. The zero-order valence-electron chi connectivity index (χ0n) is 16.2. The van der Waals surface area contributed by atoms with Gasteiger partial charge in [-0.25, -0.2) is 9.98 Å². The Morgan fingerprint density at radius 3 is 2.69 bits per heavy atom. The Kier molecular flexibility index (Phi) is 7.28. The van der Waals surface area contributed by atoms with E-state index in [1.54, 1.807) is 11.3 Å². The minimum Gasteiger partial charge on any atom is -0.379 e. The van der Waals surface area contributed by atoms with Crippen molar-refractivity contribution in [1.82, 2.24) is 20.5 Å². The molecule has 0 amide bonds. The highest BCUT2D eigenvalue weighted by atomic mass is 32.1. The van der Waals surface area contributed by atoms with Gasteiger partial charge >= 0.3 is 0 Å². The van der Waals surface area contributed by atoms with Crippen molar-refractivity contribution in [2.75, 3.05) is 39.4 Å². The maximum Gasteiger partial charge on any atom is 0.191 e. The first-order chi connectivity index (χ1) is 12.7. The molecular weight excluding hydrogens is 346 g/mol. The Bertz CT molecular complexity index is 576. The average molecular weight is 380 g/mol. The molecule has 0 aromatic carbocycles. The van der Waals surface area contributed by atoms with Crippen molar-refractivity contribution in [3.05, 3.63) is 16.1 Å². The number of hydrogen-bond acceptors (Lipinski definition) is 5. The summed E-state index contributed by atoms with van der Waals surface area (Å²) in [5.74, 6) is 0.901. The molecular formula is C19H33N5OS. The number of aliphatic imine (C=N–C) groups is 1. The van der Waals surface area contributed by atoms with E-state index in [9.17, 15) is 0 Å². The minimum atomic E-state index is 0.246. The van der Waals surface area contributed by atoms with E-state index in [1.165, 1.54) is 37.0 Å².